The number of hydrogen-bond acceptors (Lipinski definition) is 4. The minimum atomic E-state index is -0.0829. The SMILES string of the molecule is CCCCOCCCNC(=O)c1ccc2nc(C)c(C)nc2c1. The van der Waals surface area contributed by atoms with Crippen molar-refractivity contribution < 1.29 is 9.53 Å². The van der Waals surface area contributed by atoms with E-state index < -0.39 is 0 Å². The highest BCUT2D eigenvalue weighted by molar-refractivity contribution is 5.97. The molecule has 1 aromatic carbocycles. The molecule has 0 saturated heterocycles. The molecule has 1 amide bonds. The number of nitrogens with zero attached hydrogens (tertiary/aromatic N) is 2. The predicted octanol–water partition coefficient (Wildman–Crippen LogP) is 3.18. The average molecular weight is 315 g/mol. The predicted molar refractivity (Wildman–Crippen MR) is 91.7 cm³/mol. The number of benzene rings is 1. The highest BCUT2D eigenvalue weighted by atomic mass is 16.5. The van der Waals surface area contributed by atoms with Crippen LogP contribution in [-0.2, 0) is 4.74 Å². The van der Waals surface area contributed by atoms with Crippen LogP contribution >= 0.6 is 0 Å². The number of aryl methyl sites for hydroxylation is 2. The summed E-state index contributed by atoms with van der Waals surface area (Å²) in [6.07, 6.45) is 3.05. The van der Waals surface area contributed by atoms with Gasteiger partial charge in [-0.25, -0.2) is 9.97 Å². The summed E-state index contributed by atoms with van der Waals surface area (Å²) in [5, 5.41) is 2.91. The van der Waals surface area contributed by atoms with Crippen LogP contribution in [0.15, 0.2) is 18.2 Å². The fourth-order valence-electron chi connectivity index (χ4n) is 2.20. The second-order valence-electron chi connectivity index (χ2n) is 5.67. The first-order chi connectivity index (χ1) is 11.1. The van der Waals surface area contributed by atoms with Crippen LogP contribution in [-0.4, -0.2) is 35.6 Å². The smallest absolute Gasteiger partial charge is 0.251 e. The van der Waals surface area contributed by atoms with Gasteiger partial charge in [0.2, 0.25) is 0 Å². The van der Waals surface area contributed by atoms with Crippen LogP contribution in [0.5, 0.6) is 0 Å². The molecule has 1 aromatic heterocycles. The number of aromatic nitrogens is 2. The van der Waals surface area contributed by atoms with Crippen molar-refractivity contribution in [2.75, 3.05) is 19.8 Å². The van der Waals surface area contributed by atoms with Gasteiger partial charge in [-0.2, -0.15) is 0 Å². The van der Waals surface area contributed by atoms with E-state index in [1.54, 1.807) is 12.1 Å². The molecule has 0 saturated carbocycles. The van der Waals surface area contributed by atoms with E-state index in [4.69, 9.17) is 4.74 Å². The van der Waals surface area contributed by atoms with Crippen molar-refractivity contribution in [2.24, 2.45) is 0 Å². The molecule has 23 heavy (non-hydrogen) atoms. The summed E-state index contributed by atoms with van der Waals surface area (Å²) in [5.74, 6) is -0.0829. The van der Waals surface area contributed by atoms with Crippen molar-refractivity contribution >= 4 is 16.9 Å². The Morgan fingerprint density at radius 1 is 1.09 bits per heavy atom. The summed E-state index contributed by atoms with van der Waals surface area (Å²) in [6.45, 7) is 8.09. The molecule has 0 atom stereocenters. The number of hydrogen-bond donors (Lipinski definition) is 1. The summed E-state index contributed by atoms with van der Waals surface area (Å²) >= 11 is 0. The molecular formula is C18H25N3O2. The lowest BCUT2D eigenvalue weighted by Gasteiger charge is -2.07. The van der Waals surface area contributed by atoms with E-state index in [2.05, 4.69) is 22.2 Å². The van der Waals surface area contributed by atoms with Crippen molar-refractivity contribution in [1.29, 1.82) is 0 Å². The molecule has 2 aromatic rings. The van der Waals surface area contributed by atoms with Gasteiger partial charge in [-0.05, 0) is 44.9 Å². The van der Waals surface area contributed by atoms with Crippen LogP contribution in [0.25, 0.3) is 11.0 Å². The molecule has 5 heteroatoms. The first kappa shape index (κ1) is 17.3. The van der Waals surface area contributed by atoms with Gasteiger partial charge in [0.25, 0.3) is 5.91 Å². The van der Waals surface area contributed by atoms with Crippen molar-refractivity contribution in [3.63, 3.8) is 0 Å². The van der Waals surface area contributed by atoms with Gasteiger partial charge in [-0.1, -0.05) is 13.3 Å². The molecule has 0 aliphatic heterocycles. The molecule has 0 fully saturated rings. The van der Waals surface area contributed by atoms with Gasteiger partial charge in [-0.15, -0.1) is 0 Å². The number of carbonyl (C=O) groups is 1. The minimum absolute atomic E-state index is 0.0829. The minimum Gasteiger partial charge on any atom is -0.381 e. The lowest BCUT2D eigenvalue weighted by atomic mass is 10.1. The van der Waals surface area contributed by atoms with E-state index in [9.17, 15) is 4.79 Å². The highest BCUT2D eigenvalue weighted by Gasteiger charge is 2.08. The third-order valence-electron chi connectivity index (χ3n) is 3.73. The Hall–Kier alpha value is -2.01. The summed E-state index contributed by atoms with van der Waals surface area (Å²) in [4.78, 5) is 21.1. The van der Waals surface area contributed by atoms with Gasteiger partial charge in [0, 0.05) is 25.3 Å². The summed E-state index contributed by atoms with van der Waals surface area (Å²) in [6, 6.07) is 5.43. The molecule has 0 aliphatic carbocycles. The van der Waals surface area contributed by atoms with Gasteiger partial charge in [0.05, 0.1) is 22.4 Å². The second kappa shape index (κ2) is 8.58. The van der Waals surface area contributed by atoms with Gasteiger partial charge in [-0.3, -0.25) is 4.79 Å². The number of ether oxygens (including phenoxy) is 1. The number of carbonyl (C=O) groups excluding carboxylic acids is 1. The highest BCUT2D eigenvalue weighted by Crippen LogP contribution is 2.14. The standard InChI is InChI=1S/C18H25N3O2/c1-4-5-10-23-11-6-9-19-18(22)15-7-8-16-17(12-15)21-14(3)13(2)20-16/h7-8,12H,4-6,9-11H2,1-3H3,(H,19,22). The first-order valence-corrected chi connectivity index (χ1v) is 8.22. The van der Waals surface area contributed by atoms with E-state index in [1.807, 2.05) is 19.9 Å². The van der Waals surface area contributed by atoms with Gasteiger partial charge >= 0.3 is 0 Å². The maximum Gasteiger partial charge on any atom is 0.251 e. The molecule has 0 aliphatic rings. The Kier molecular flexibility index (Phi) is 6.47. The molecule has 0 unspecified atom stereocenters. The normalized spacial score (nSPS) is 10.9. The molecule has 124 valence electrons. The van der Waals surface area contributed by atoms with E-state index in [1.165, 1.54) is 0 Å². The summed E-state index contributed by atoms with van der Waals surface area (Å²) in [5.41, 5.74) is 3.98. The van der Waals surface area contributed by atoms with Crippen molar-refractivity contribution in [1.82, 2.24) is 15.3 Å². The molecular weight excluding hydrogens is 290 g/mol. The first-order valence-electron chi connectivity index (χ1n) is 8.22. The van der Waals surface area contributed by atoms with Crippen LogP contribution < -0.4 is 5.32 Å². The Morgan fingerprint density at radius 3 is 2.52 bits per heavy atom. The van der Waals surface area contributed by atoms with Crippen LogP contribution in [0.3, 0.4) is 0 Å². The monoisotopic (exact) mass is 315 g/mol. The molecule has 1 heterocycles. The fraction of sp³-hybridized carbons (Fsp3) is 0.500. The lowest BCUT2D eigenvalue weighted by molar-refractivity contribution is 0.0940. The van der Waals surface area contributed by atoms with Crippen LogP contribution in [0.2, 0.25) is 0 Å². The van der Waals surface area contributed by atoms with Gasteiger partial charge in [0.15, 0.2) is 0 Å². The number of rotatable bonds is 8. The molecule has 0 bridgehead atoms. The molecule has 0 radical (unpaired) electrons. The van der Waals surface area contributed by atoms with E-state index in [0.717, 1.165) is 48.3 Å². The third-order valence-corrected chi connectivity index (χ3v) is 3.73. The zero-order valence-corrected chi connectivity index (χ0v) is 14.2. The van der Waals surface area contributed by atoms with Crippen LogP contribution in [0.4, 0.5) is 0 Å². The van der Waals surface area contributed by atoms with Gasteiger partial charge in [0.1, 0.15) is 0 Å². The second-order valence-corrected chi connectivity index (χ2v) is 5.67. The Labute approximate surface area is 137 Å². The van der Waals surface area contributed by atoms with Crippen molar-refractivity contribution in [3.05, 3.63) is 35.2 Å². The lowest BCUT2D eigenvalue weighted by Crippen LogP contribution is -2.25. The Morgan fingerprint density at radius 2 is 1.78 bits per heavy atom. The van der Waals surface area contributed by atoms with Crippen molar-refractivity contribution in [2.45, 2.75) is 40.0 Å². The summed E-state index contributed by atoms with van der Waals surface area (Å²) < 4.78 is 5.47. The fourth-order valence-corrected chi connectivity index (χ4v) is 2.20. The van der Waals surface area contributed by atoms with E-state index >= 15 is 0 Å². The third kappa shape index (κ3) is 4.99. The van der Waals surface area contributed by atoms with E-state index in [-0.39, 0.29) is 5.91 Å². The van der Waals surface area contributed by atoms with Crippen LogP contribution in [0, 0.1) is 13.8 Å². The maximum absolute atomic E-state index is 12.2. The molecule has 2 rings (SSSR count). The zero-order valence-electron chi connectivity index (χ0n) is 14.2. The quantitative estimate of drug-likeness (QED) is 0.760. The number of unbranched alkanes of at least 4 members (excludes halogenated alkanes) is 1. The Bertz CT molecular complexity index is 671. The zero-order chi connectivity index (χ0) is 16.7. The Balaban J connectivity index is 1.87. The molecule has 0 spiro atoms. The topological polar surface area (TPSA) is 64.1 Å². The average Bonchev–Trinajstić information content (AvgIpc) is 2.54. The number of fused-ring (bicyclic) bond motifs is 1. The van der Waals surface area contributed by atoms with Crippen molar-refractivity contribution in [3.8, 4) is 0 Å². The number of amides is 1. The molecule has 1 N–H and O–H groups in total. The van der Waals surface area contributed by atoms with E-state index in [0.29, 0.717) is 18.7 Å². The largest absolute Gasteiger partial charge is 0.381 e. The molecule has 5 nitrogen and oxygen atoms in total. The maximum atomic E-state index is 12.2. The van der Waals surface area contributed by atoms with Crippen LogP contribution in [0.1, 0.15) is 47.9 Å². The van der Waals surface area contributed by atoms with Gasteiger partial charge < -0.3 is 10.1 Å². The summed E-state index contributed by atoms with van der Waals surface area (Å²) in [7, 11) is 0. The number of nitrogens with one attached hydrogen (secondary N) is 1.